The Bertz CT molecular complexity index is 1420. The normalized spacial score (nSPS) is 15.3. The van der Waals surface area contributed by atoms with Crippen molar-refractivity contribution in [1.82, 2.24) is 30.1 Å². The van der Waals surface area contributed by atoms with E-state index in [0.29, 0.717) is 32.3 Å². The van der Waals surface area contributed by atoms with Crippen molar-refractivity contribution in [3.05, 3.63) is 83.8 Å². The van der Waals surface area contributed by atoms with Gasteiger partial charge in [-0.05, 0) is 65.8 Å². The maximum absolute atomic E-state index is 11.7. The lowest BCUT2D eigenvalue weighted by atomic mass is 10.1. The maximum atomic E-state index is 11.7. The Balaban J connectivity index is 0.000000345. The first-order valence-electron chi connectivity index (χ1n) is 15.8. The molecule has 278 valence electrons. The molecule has 0 bridgehead atoms. The second-order valence-corrected chi connectivity index (χ2v) is 13.2. The number of halogens is 2. The van der Waals surface area contributed by atoms with Crippen LogP contribution in [0.1, 0.15) is 41.5 Å². The summed E-state index contributed by atoms with van der Waals surface area (Å²) in [7, 11) is 0. The molecule has 2 amide bonds. The Labute approximate surface area is 305 Å². The van der Waals surface area contributed by atoms with Crippen LogP contribution in [0, 0.1) is 0 Å². The van der Waals surface area contributed by atoms with Crippen molar-refractivity contribution in [1.29, 1.82) is 0 Å². The fourth-order valence-corrected chi connectivity index (χ4v) is 3.85. The number of β-amino-alcohol motifs (C(OH)–C–C–N with tert-alkyl or cyclic N) is 1. The molecule has 50 heavy (non-hydrogen) atoms. The lowest BCUT2D eigenvalue weighted by Gasteiger charge is -2.39. The summed E-state index contributed by atoms with van der Waals surface area (Å²) in [6, 6.07) is 10.4. The standard InChI is InChI=1S/C13H18N2O3.C8H10N2O.C8H15NO3.C5H5NO.2ClH/c1-13(2,3)18-12(16)15-8-11(9-15)17-10-5-4-6-14-7-10;1-2-7(4-9-3-1)11-8-5-10-6-8;1-8(2,3)12-7(11)9-4-6(10)5-9;7-5-1-3-6-4-2-5;;/h4-7,11H,8-9H2,1-3H3;1-4,8,10H,5-6H2;6,10H,4-5H2,1-3H3;1-4H,(H,6,7);2*1H. The van der Waals surface area contributed by atoms with Crippen molar-refractivity contribution in [2.24, 2.45) is 0 Å². The van der Waals surface area contributed by atoms with E-state index in [2.05, 4.69) is 20.3 Å². The molecule has 16 heteroatoms. The summed E-state index contributed by atoms with van der Waals surface area (Å²) in [5.74, 6) is 1.59. The van der Waals surface area contributed by atoms with E-state index in [1.807, 2.05) is 65.8 Å². The summed E-state index contributed by atoms with van der Waals surface area (Å²) in [5.41, 5.74) is -0.858. The van der Waals surface area contributed by atoms with Crippen molar-refractivity contribution < 1.29 is 33.6 Å². The zero-order valence-electron chi connectivity index (χ0n) is 29.3. The SMILES string of the molecule is CC(C)(C)OC(=O)N1CC(O)C1.CC(C)(C)OC(=O)N1CC(Oc2cccnc2)C1.Cl.Cl.O=c1cc[nH]cc1.c1cncc(OC2CNC2)c1. The number of amides is 2. The number of aliphatic hydroxyl groups is 1. The van der Waals surface area contributed by atoms with Crippen LogP contribution in [-0.4, -0.2) is 111 Å². The quantitative estimate of drug-likeness (QED) is 0.348. The van der Waals surface area contributed by atoms with Gasteiger partial charge >= 0.3 is 12.2 Å². The van der Waals surface area contributed by atoms with E-state index in [9.17, 15) is 14.4 Å². The topological polar surface area (TPSA) is 168 Å². The summed E-state index contributed by atoms with van der Waals surface area (Å²) in [6.07, 6.45) is 9.42. The van der Waals surface area contributed by atoms with E-state index in [4.69, 9.17) is 24.1 Å². The van der Waals surface area contributed by atoms with Gasteiger partial charge in [-0.3, -0.25) is 14.8 Å². The molecular formula is C34H50Cl2N6O8. The van der Waals surface area contributed by atoms with Gasteiger partial charge in [0.25, 0.3) is 0 Å². The van der Waals surface area contributed by atoms with E-state index in [1.54, 1.807) is 42.1 Å². The number of aromatic nitrogens is 3. The predicted octanol–water partition coefficient (Wildman–Crippen LogP) is 4.33. The first-order valence-corrected chi connectivity index (χ1v) is 15.8. The molecule has 6 heterocycles. The van der Waals surface area contributed by atoms with Crippen LogP contribution >= 0.6 is 24.8 Å². The highest BCUT2D eigenvalue weighted by Crippen LogP contribution is 2.20. The Hall–Kier alpha value is -4.11. The molecule has 3 N–H and O–H groups in total. The van der Waals surface area contributed by atoms with Gasteiger partial charge in [0.2, 0.25) is 0 Å². The van der Waals surface area contributed by atoms with Crippen LogP contribution in [-0.2, 0) is 9.47 Å². The number of rotatable bonds is 4. The fraction of sp³-hybridized carbons (Fsp3) is 0.500. The molecule has 14 nitrogen and oxygen atoms in total. The third kappa shape index (κ3) is 17.5. The summed E-state index contributed by atoms with van der Waals surface area (Å²) in [6.45, 7) is 14.8. The van der Waals surface area contributed by atoms with Crippen LogP contribution in [0.2, 0.25) is 0 Å². The second-order valence-electron chi connectivity index (χ2n) is 13.2. The van der Waals surface area contributed by atoms with Gasteiger partial charge in [-0.2, -0.15) is 0 Å². The fourth-order valence-electron chi connectivity index (χ4n) is 3.85. The Morgan fingerprint density at radius 3 is 1.50 bits per heavy atom. The Kier molecular flexibility index (Phi) is 18.6. The number of carbonyl (C=O) groups excluding carboxylic acids is 2. The van der Waals surface area contributed by atoms with Crippen molar-refractivity contribution in [2.75, 3.05) is 39.3 Å². The molecule has 3 aromatic rings. The minimum Gasteiger partial charge on any atom is -0.486 e. The number of nitrogens with one attached hydrogen (secondary N) is 2. The number of likely N-dealkylation sites (tertiary alicyclic amines) is 2. The van der Waals surface area contributed by atoms with Gasteiger partial charge in [0, 0.05) is 50.0 Å². The number of hydrogen-bond acceptors (Lipinski definition) is 11. The minimum atomic E-state index is -0.452. The predicted molar refractivity (Wildman–Crippen MR) is 193 cm³/mol. The number of aromatic amines is 1. The maximum Gasteiger partial charge on any atom is 0.410 e. The van der Waals surface area contributed by atoms with Gasteiger partial charge in [0.05, 0.1) is 44.7 Å². The molecule has 0 unspecified atom stereocenters. The monoisotopic (exact) mass is 740 g/mol. The average molecular weight is 742 g/mol. The molecule has 0 aliphatic carbocycles. The van der Waals surface area contributed by atoms with E-state index in [-0.39, 0.29) is 54.6 Å². The zero-order valence-corrected chi connectivity index (χ0v) is 30.9. The molecule has 3 fully saturated rings. The number of aliphatic hydroxyl groups excluding tert-OH is 1. The van der Waals surface area contributed by atoms with Crippen LogP contribution < -0.4 is 20.2 Å². The first-order chi connectivity index (χ1) is 22.7. The summed E-state index contributed by atoms with van der Waals surface area (Å²) in [5, 5.41) is 12.1. The number of nitrogens with zero attached hydrogens (tertiary/aromatic N) is 4. The lowest BCUT2D eigenvalue weighted by Crippen LogP contribution is -2.57. The smallest absolute Gasteiger partial charge is 0.410 e. The number of carbonyl (C=O) groups is 2. The van der Waals surface area contributed by atoms with Gasteiger partial charge in [-0.1, -0.05) is 0 Å². The van der Waals surface area contributed by atoms with Crippen molar-refractivity contribution >= 4 is 37.0 Å². The molecular weight excluding hydrogens is 691 g/mol. The first kappa shape index (κ1) is 43.9. The van der Waals surface area contributed by atoms with Crippen LogP contribution in [0.5, 0.6) is 11.5 Å². The zero-order chi connectivity index (χ0) is 35.2. The van der Waals surface area contributed by atoms with E-state index < -0.39 is 11.2 Å². The third-order valence-electron chi connectivity index (χ3n) is 6.32. The van der Waals surface area contributed by atoms with Gasteiger partial charge in [0.15, 0.2) is 5.43 Å². The molecule has 6 rings (SSSR count). The Morgan fingerprint density at radius 2 is 1.18 bits per heavy atom. The molecule has 0 atom stereocenters. The van der Waals surface area contributed by atoms with Gasteiger partial charge < -0.3 is 44.2 Å². The molecule has 3 aromatic heterocycles. The summed E-state index contributed by atoms with van der Waals surface area (Å²) < 4.78 is 21.5. The largest absolute Gasteiger partial charge is 0.486 e. The number of H-pyrrole nitrogens is 1. The molecule has 3 saturated heterocycles. The van der Waals surface area contributed by atoms with Crippen molar-refractivity contribution in [3.63, 3.8) is 0 Å². The molecule has 0 spiro atoms. The number of pyridine rings is 3. The lowest BCUT2D eigenvalue weighted by molar-refractivity contribution is -0.0303. The van der Waals surface area contributed by atoms with Gasteiger partial charge in [-0.15, -0.1) is 24.8 Å². The number of hydrogen-bond donors (Lipinski definition) is 3. The summed E-state index contributed by atoms with van der Waals surface area (Å²) >= 11 is 0. The number of ether oxygens (including phenoxy) is 4. The molecule has 3 aliphatic heterocycles. The van der Waals surface area contributed by atoms with Crippen LogP contribution in [0.3, 0.4) is 0 Å². The van der Waals surface area contributed by atoms with Crippen molar-refractivity contribution in [2.45, 2.75) is 71.1 Å². The molecule has 3 aliphatic rings. The average Bonchev–Trinajstić information content (AvgIpc) is 2.96. The molecule has 0 radical (unpaired) electrons. The molecule has 0 aromatic carbocycles. The highest BCUT2D eigenvalue weighted by atomic mass is 35.5. The highest BCUT2D eigenvalue weighted by molar-refractivity contribution is 5.85. The Morgan fingerprint density at radius 1 is 0.740 bits per heavy atom. The van der Waals surface area contributed by atoms with Crippen LogP contribution in [0.4, 0.5) is 9.59 Å². The highest BCUT2D eigenvalue weighted by Gasteiger charge is 2.35. The van der Waals surface area contributed by atoms with E-state index in [1.165, 1.54) is 17.0 Å². The van der Waals surface area contributed by atoms with Crippen molar-refractivity contribution in [3.8, 4) is 11.5 Å². The van der Waals surface area contributed by atoms with Gasteiger partial charge in [-0.25, -0.2) is 9.59 Å². The van der Waals surface area contributed by atoms with E-state index in [0.717, 1.165) is 24.6 Å². The second kappa shape index (κ2) is 21.2. The van der Waals surface area contributed by atoms with Crippen LogP contribution in [0.25, 0.3) is 0 Å². The third-order valence-corrected chi connectivity index (χ3v) is 6.32. The summed E-state index contributed by atoms with van der Waals surface area (Å²) in [4.78, 5) is 46.9. The molecule has 0 saturated carbocycles. The van der Waals surface area contributed by atoms with Crippen LogP contribution in [0.15, 0.2) is 78.4 Å². The van der Waals surface area contributed by atoms with Gasteiger partial charge in [0.1, 0.15) is 34.9 Å². The minimum absolute atomic E-state index is 0. The van der Waals surface area contributed by atoms with E-state index >= 15 is 0 Å².